The molecular weight excluding hydrogens is 281 g/mol. The first-order valence-corrected chi connectivity index (χ1v) is 5.44. The number of carbonyl (C=O) groups excluding carboxylic acids is 3. The van der Waals surface area contributed by atoms with Crippen molar-refractivity contribution in [2.75, 3.05) is 6.54 Å². The Morgan fingerprint density at radius 2 is 2.10 bits per heavy atom. The highest BCUT2D eigenvalue weighted by Crippen LogP contribution is 2.35. The van der Waals surface area contributed by atoms with Gasteiger partial charge in [-0.15, -0.1) is 0 Å². The summed E-state index contributed by atoms with van der Waals surface area (Å²) in [6.07, 6.45) is -3.76. The lowest BCUT2D eigenvalue weighted by molar-refractivity contribution is -0.190. The molecule has 1 unspecified atom stereocenters. The zero-order valence-electron chi connectivity index (χ0n) is 10.2. The second-order valence-corrected chi connectivity index (χ2v) is 4.34. The predicted octanol–water partition coefficient (Wildman–Crippen LogP) is 1.34. The van der Waals surface area contributed by atoms with E-state index >= 15 is 0 Å². The summed E-state index contributed by atoms with van der Waals surface area (Å²) >= 11 is 0. The van der Waals surface area contributed by atoms with E-state index < -0.39 is 36.0 Å². The Morgan fingerprint density at radius 3 is 2.55 bits per heavy atom. The van der Waals surface area contributed by atoms with Crippen LogP contribution in [0.4, 0.5) is 18.0 Å². The Balaban J connectivity index is 2.20. The Morgan fingerprint density at radius 1 is 1.45 bits per heavy atom. The van der Waals surface area contributed by atoms with E-state index in [0.717, 1.165) is 0 Å². The van der Waals surface area contributed by atoms with Gasteiger partial charge in [-0.2, -0.15) is 13.2 Å². The van der Waals surface area contributed by atoms with Crippen LogP contribution in [0.1, 0.15) is 17.5 Å². The SMILES string of the molecule is CC1(C(F)(F)F)NC(=O)N(CC(=O)c2ccco2)C1=O. The third-order valence-corrected chi connectivity index (χ3v) is 2.94. The number of hydrogen-bond donors (Lipinski definition) is 1. The lowest BCUT2D eigenvalue weighted by atomic mass is 10.0. The van der Waals surface area contributed by atoms with Gasteiger partial charge in [0, 0.05) is 0 Å². The van der Waals surface area contributed by atoms with Crippen molar-refractivity contribution in [1.29, 1.82) is 0 Å². The van der Waals surface area contributed by atoms with Crippen molar-refractivity contribution in [3.63, 3.8) is 0 Å². The molecule has 9 heteroatoms. The molecule has 0 spiro atoms. The minimum Gasteiger partial charge on any atom is -0.461 e. The third kappa shape index (κ3) is 2.04. The lowest BCUT2D eigenvalue weighted by Crippen LogP contribution is -2.56. The minimum absolute atomic E-state index is 0.147. The van der Waals surface area contributed by atoms with Gasteiger partial charge in [-0.1, -0.05) is 0 Å². The van der Waals surface area contributed by atoms with Gasteiger partial charge in [0.05, 0.1) is 12.8 Å². The highest BCUT2D eigenvalue weighted by Gasteiger charge is 2.64. The second kappa shape index (κ2) is 4.36. The molecule has 0 saturated carbocycles. The fraction of sp³-hybridized carbons (Fsp3) is 0.364. The highest BCUT2D eigenvalue weighted by atomic mass is 19.4. The van der Waals surface area contributed by atoms with Crippen LogP contribution in [0.15, 0.2) is 22.8 Å². The molecule has 0 aliphatic carbocycles. The average molecular weight is 290 g/mol. The Hall–Kier alpha value is -2.32. The molecule has 0 aromatic carbocycles. The van der Waals surface area contributed by atoms with Crippen LogP contribution in [-0.2, 0) is 4.79 Å². The van der Waals surface area contributed by atoms with Crippen molar-refractivity contribution < 1.29 is 32.0 Å². The van der Waals surface area contributed by atoms with E-state index in [1.165, 1.54) is 18.4 Å². The Labute approximate surface area is 110 Å². The van der Waals surface area contributed by atoms with Crippen LogP contribution in [0, 0.1) is 0 Å². The normalized spacial score (nSPS) is 23.1. The standard InChI is InChI=1S/C11H9F3N2O4/c1-10(11(12,13)14)8(18)16(9(19)15-10)5-6(17)7-3-2-4-20-7/h2-4H,5H2,1H3,(H,15,19). The number of carbonyl (C=O) groups is 3. The first-order chi connectivity index (χ1) is 9.17. The van der Waals surface area contributed by atoms with Gasteiger partial charge in [-0.05, 0) is 19.1 Å². The van der Waals surface area contributed by atoms with Crippen molar-refractivity contribution in [1.82, 2.24) is 10.2 Å². The molecule has 1 saturated heterocycles. The maximum absolute atomic E-state index is 12.8. The summed E-state index contributed by atoms with van der Waals surface area (Å²) in [5.41, 5.74) is -3.02. The highest BCUT2D eigenvalue weighted by molar-refractivity contribution is 6.10. The van der Waals surface area contributed by atoms with Gasteiger partial charge in [0.25, 0.3) is 5.91 Å². The summed E-state index contributed by atoms with van der Waals surface area (Å²) in [7, 11) is 0. The summed E-state index contributed by atoms with van der Waals surface area (Å²) in [4.78, 5) is 35.1. The van der Waals surface area contributed by atoms with Crippen molar-refractivity contribution in [2.24, 2.45) is 0 Å². The maximum atomic E-state index is 12.8. The van der Waals surface area contributed by atoms with Gasteiger partial charge in [-0.3, -0.25) is 14.5 Å². The largest absolute Gasteiger partial charge is 0.461 e. The number of furan rings is 1. The van der Waals surface area contributed by atoms with Gasteiger partial charge in [0.2, 0.25) is 11.3 Å². The summed E-state index contributed by atoms with van der Waals surface area (Å²) in [6, 6.07) is 1.41. The molecule has 1 aromatic heterocycles. The fourth-order valence-electron chi connectivity index (χ4n) is 1.69. The lowest BCUT2D eigenvalue weighted by Gasteiger charge is -2.24. The molecule has 2 rings (SSSR count). The molecule has 2 heterocycles. The minimum atomic E-state index is -4.96. The van der Waals surface area contributed by atoms with E-state index in [-0.39, 0.29) is 10.7 Å². The first kappa shape index (κ1) is 14.1. The molecule has 0 radical (unpaired) electrons. The van der Waals surface area contributed by atoms with Crippen LogP contribution in [0.2, 0.25) is 0 Å². The average Bonchev–Trinajstić information content (AvgIpc) is 2.92. The van der Waals surface area contributed by atoms with E-state index in [0.29, 0.717) is 6.92 Å². The number of nitrogens with zero attached hydrogens (tertiary/aromatic N) is 1. The molecule has 0 bridgehead atoms. The Kier molecular flexibility index (Phi) is 3.07. The molecule has 1 aromatic rings. The topological polar surface area (TPSA) is 79.6 Å². The molecule has 6 nitrogen and oxygen atoms in total. The number of ketones is 1. The number of hydrogen-bond acceptors (Lipinski definition) is 4. The number of halogens is 3. The van der Waals surface area contributed by atoms with Gasteiger partial charge in [0.15, 0.2) is 5.76 Å². The number of rotatable bonds is 3. The number of alkyl halides is 3. The van der Waals surface area contributed by atoms with Crippen LogP contribution >= 0.6 is 0 Å². The zero-order valence-corrected chi connectivity index (χ0v) is 10.2. The quantitative estimate of drug-likeness (QED) is 0.673. The van der Waals surface area contributed by atoms with E-state index in [4.69, 9.17) is 4.42 Å². The molecule has 20 heavy (non-hydrogen) atoms. The summed E-state index contributed by atoms with van der Waals surface area (Å²) in [6.45, 7) is -0.269. The molecule has 1 aliphatic heterocycles. The predicted molar refractivity (Wildman–Crippen MR) is 57.7 cm³/mol. The molecule has 3 amide bonds. The van der Waals surface area contributed by atoms with E-state index in [2.05, 4.69) is 0 Å². The van der Waals surface area contributed by atoms with E-state index in [9.17, 15) is 27.6 Å². The molecule has 1 fully saturated rings. The molecule has 1 aliphatic rings. The maximum Gasteiger partial charge on any atom is 0.420 e. The van der Waals surface area contributed by atoms with E-state index in [1.54, 1.807) is 5.32 Å². The smallest absolute Gasteiger partial charge is 0.420 e. The number of Topliss-reactive ketones (excluding diaryl/α,β-unsaturated/α-hetero) is 1. The van der Waals surface area contributed by atoms with Crippen LogP contribution in [0.25, 0.3) is 0 Å². The van der Waals surface area contributed by atoms with Crippen molar-refractivity contribution in [2.45, 2.75) is 18.6 Å². The molecule has 108 valence electrons. The van der Waals surface area contributed by atoms with Gasteiger partial charge in [-0.25, -0.2) is 4.79 Å². The van der Waals surface area contributed by atoms with Crippen LogP contribution in [-0.4, -0.2) is 40.9 Å². The summed E-state index contributed by atoms with van der Waals surface area (Å²) < 4.78 is 43.1. The van der Waals surface area contributed by atoms with E-state index in [1.807, 2.05) is 0 Å². The number of nitrogens with one attached hydrogen (secondary N) is 1. The number of amides is 3. The summed E-state index contributed by atoms with van der Waals surface area (Å²) in [5, 5.41) is 1.55. The van der Waals surface area contributed by atoms with Crippen molar-refractivity contribution >= 4 is 17.7 Å². The van der Waals surface area contributed by atoms with Crippen molar-refractivity contribution in [3.8, 4) is 0 Å². The van der Waals surface area contributed by atoms with Crippen LogP contribution in [0.3, 0.4) is 0 Å². The molecule has 1 N–H and O–H groups in total. The van der Waals surface area contributed by atoms with Crippen molar-refractivity contribution in [3.05, 3.63) is 24.2 Å². The third-order valence-electron chi connectivity index (χ3n) is 2.94. The first-order valence-electron chi connectivity index (χ1n) is 5.44. The molecular formula is C11H9F3N2O4. The second-order valence-electron chi connectivity index (χ2n) is 4.34. The summed E-state index contributed by atoms with van der Waals surface area (Å²) in [5.74, 6) is -2.44. The Bertz CT molecular complexity index is 567. The van der Waals surface area contributed by atoms with Gasteiger partial charge < -0.3 is 9.73 Å². The monoisotopic (exact) mass is 290 g/mol. The molecule has 1 atom stereocenters. The zero-order chi connectivity index (χ0) is 15.1. The fourth-order valence-corrected chi connectivity index (χ4v) is 1.69. The number of urea groups is 1. The van der Waals surface area contributed by atoms with Gasteiger partial charge in [0.1, 0.15) is 0 Å². The number of imide groups is 1. The van der Waals surface area contributed by atoms with Gasteiger partial charge >= 0.3 is 12.2 Å². The van der Waals surface area contributed by atoms with Crippen LogP contribution < -0.4 is 5.32 Å². The van der Waals surface area contributed by atoms with Crippen LogP contribution in [0.5, 0.6) is 0 Å².